The SMILES string of the molecule is O=C(O)CCC(F)(F)C(F)(F)C(F)(F)C(F)(F)C(F)(F)C(F)(F)C(F)(F)C(F)(F)C(F)(F)C(F)(F)C(F)(F)C(F)(F)C(F)(F)C(F)(F)F. The standard InChI is InChI=1S/C17H5F29O2/c18-4(19,2-1-3(47)48)5(20,21)6(22,23)7(24,25)8(26,27)9(28,29)10(30,31)11(32,33)12(34,35)13(36,37)14(38,39)15(40,41)16(42,43)17(44,45)46/h1-2H2,(H,47,48). The largest absolute Gasteiger partial charge is 0.481 e. The van der Waals surface area contributed by atoms with Crippen molar-refractivity contribution in [1.29, 1.82) is 0 Å². The molecule has 48 heavy (non-hydrogen) atoms. The van der Waals surface area contributed by atoms with Crippen molar-refractivity contribution in [2.75, 3.05) is 0 Å². The van der Waals surface area contributed by atoms with Gasteiger partial charge in [-0.15, -0.1) is 0 Å². The van der Waals surface area contributed by atoms with Crippen LogP contribution in [0.25, 0.3) is 0 Å². The van der Waals surface area contributed by atoms with Crippen molar-refractivity contribution in [3.8, 4) is 0 Å². The molecule has 0 aliphatic carbocycles. The third kappa shape index (κ3) is 5.39. The van der Waals surface area contributed by atoms with Crippen LogP contribution in [0.15, 0.2) is 0 Å². The number of carbonyl (C=O) groups is 1. The average molecular weight is 792 g/mol. The highest BCUT2D eigenvalue weighted by Gasteiger charge is 3.00. The molecule has 0 unspecified atom stereocenters. The van der Waals surface area contributed by atoms with Gasteiger partial charge in [0.25, 0.3) is 0 Å². The number of carboxylic acids is 1. The Balaban J connectivity index is 7.50. The molecule has 0 amide bonds. The van der Waals surface area contributed by atoms with E-state index in [1.54, 1.807) is 0 Å². The van der Waals surface area contributed by atoms with Gasteiger partial charge in [0.15, 0.2) is 0 Å². The topological polar surface area (TPSA) is 37.3 Å². The van der Waals surface area contributed by atoms with Gasteiger partial charge in [0.05, 0.1) is 6.42 Å². The van der Waals surface area contributed by atoms with Crippen LogP contribution in [0.1, 0.15) is 12.8 Å². The molecule has 0 saturated carbocycles. The van der Waals surface area contributed by atoms with Gasteiger partial charge in [-0.1, -0.05) is 0 Å². The van der Waals surface area contributed by atoms with Gasteiger partial charge in [-0.3, -0.25) is 4.79 Å². The molecule has 0 saturated heterocycles. The van der Waals surface area contributed by atoms with Gasteiger partial charge in [0.1, 0.15) is 0 Å². The first-order valence-electron chi connectivity index (χ1n) is 10.4. The molecule has 2 nitrogen and oxygen atoms in total. The van der Waals surface area contributed by atoms with E-state index in [0.717, 1.165) is 0 Å². The Morgan fingerprint density at radius 2 is 0.479 bits per heavy atom. The lowest BCUT2D eigenvalue weighted by Crippen LogP contribution is -2.79. The fourth-order valence-corrected chi connectivity index (χ4v) is 2.80. The summed E-state index contributed by atoms with van der Waals surface area (Å²) in [6, 6.07) is 0. The first kappa shape index (κ1) is 45.4. The molecule has 0 aromatic rings. The van der Waals surface area contributed by atoms with Crippen LogP contribution < -0.4 is 0 Å². The second-order valence-corrected chi connectivity index (χ2v) is 8.99. The number of hydrogen-bond acceptors (Lipinski definition) is 1. The van der Waals surface area contributed by atoms with Crippen LogP contribution in [-0.4, -0.2) is 94.2 Å². The molecule has 0 aromatic carbocycles. The summed E-state index contributed by atoms with van der Waals surface area (Å²) in [6.07, 6.45) is -14.2. The molecule has 0 fully saturated rings. The number of aliphatic carboxylic acids is 1. The van der Waals surface area contributed by atoms with Crippen LogP contribution in [0, 0.1) is 0 Å². The highest BCUT2D eigenvalue weighted by Crippen LogP contribution is 2.69. The zero-order valence-corrected chi connectivity index (χ0v) is 20.7. The van der Waals surface area contributed by atoms with Crippen molar-refractivity contribution < 1.29 is 137 Å². The normalized spacial score (nSPS) is 16.8. The third-order valence-corrected chi connectivity index (χ3v) is 5.81. The van der Waals surface area contributed by atoms with E-state index >= 15 is 0 Å². The maximum absolute atomic E-state index is 13.7. The predicted molar refractivity (Wildman–Crippen MR) is 87.2 cm³/mol. The van der Waals surface area contributed by atoms with Gasteiger partial charge in [-0.25, -0.2) is 0 Å². The minimum Gasteiger partial charge on any atom is -0.481 e. The van der Waals surface area contributed by atoms with Crippen molar-refractivity contribution in [2.24, 2.45) is 0 Å². The predicted octanol–water partition coefficient (Wildman–Crippen LogP) is 9.67. The minimum absolute atomic E-state index is 2.54. The second kappa shape index (κ2) is 11.2. The molecule has 0 heterocycles. The van der Waals surface area contributed by atoms with Crippen molar-refractivity contribution in [3.05, 3.63) is 0 Å². The quantitative estimate of drug-likeness (QED) is 0.168. The van der Waals surface area contributed by atoms with Crippen molar-refractivity contribution in [3.63, 3.8) is 0 Å². The maximum Gasteiger partial charge on any atom is 0.460 e. The van der Waals surface area contributed by atoms with Gasteiger partial charge in [-0.05, 0) is 0 Å². The maximum atomic E-state index is 13.7. The molecule has 1 N–H and O–H groups in total. The van der Waals surface area contributed by atoms with E-state index in [-0.39, 0.29) is 0 Å². The Kier molecular flexibility index (Phi) is 10.6. The number of halogens is 29. The highest BCUT2D eigenvalue weighted by molar-refractivity contribution is 5.66. The average Bonchev–Trinajstić information content (AvgIpc) is 2.85. The Morgan fingerprint density at radius 3 is 0.646 bits per heavy atom. The molecule has 0 aliphatic rings. The van der Waals surface area contributed by atoms with Crippen LogP contribution in [0.5, 0.6) is 0 Å². The second-order valence-electron chi connectivity index (χ2n) is 8.99. The third-order valence-electron chi connectivity index (χ3n) is 5.81. The summed E-state index contributed by atoms with van der Waals surface area (Å²) in [5.41, 5.74) is 0. The van der Waals surface area contributed by atoms with Crippen molar-refractivity contribution >= 4 is 5.97 Å². The number of hydrogen-bond donors (Lipinski definition) is 1. The van der Waals surface area contributed by atoms with Crippen LogP contribution >= 0.6 is 0 Å². The first-order valence-corrected chi connectivity index (χ1v) is 10.4. The Morgan fingerprint density at radius 1 is 0.312 bits per heavy atom. The van der Waals surface area contributed by atoms with E-state index in [9.17, 15) is 132 Å². The molecule has 0 radical (unpaired) electrons. The molecule has 0 atom stereocenters. The van der Waals surface area contributed by atoms with Crippen LogP contribution in [0.2, 0.25) is 0 Å². The molecule has 0 aromatic heterocycles. The van der Waals surface area contributed by atoms with Crippen molar-refractivity contribution in [2.45, 2.75) is 96.0 Å². The molecule has 0 rings (SSSR count). The first-order chi connectivity index (χ1) is 20.2. The lowest BCUT2D eigenvalue weighted by molar-refractivity contribution is -0.487. The summed E-state index contributed by atoms with van der Waals surface area (Å²) < 4.78 is 387. The van der Waals surface area contributed by atoms with E-state index in [0.29, 0.717) is 0 Å². The molecule has 0 bridgehead atoms. The molecular formula is C17H5F29O2. The smallest absolute Gasteiger partial charge is 0.460 e. The lowest BCUT2D eigenvalue weighted by Gasteiger charge is -2.46. The summed E-state index contributed by atoms with van der Waals surface area (Å²) in [4.78, 5) is 10.1. The molecular weight excluding hydrogens is 787 g/mol. The molecule has 31 heteroatoms. The summed E-state index contributed by atoms with van der Waals surface area (Å²) in [5.74, 6) is -124. The Hall–Kier alpha value is -2.56. The van der Waals surface area contributed by atoms with E-state index in [1.165, 1.54) is 0 Å². The van der Waals surface area contributed by atoms with Gasteiger partial charge in [0.2, 0.25) is 0 Å². The summed E-state index contributed by atoms with van der Waals surface area (Å²) in [5, 5.41) is 8.02. The van der Waals surface area contributed by atoms with Gasteiger partial charge < -0.3 is 5.11 Å². The highest BCUT2D eigenvalue weighted by atomic mass is 19.4. The molecule has 0 spiro atoms. The van der Waals surface area contributed by atoms with Crippen LogP contribution in [-0.2, 0) is 4.79 Å². The molecule has 288 valence electrons. The fourth-order valence-electron chi connectivity index (χ4n) is 2.80. The van der Waals surface area contributed by atoms with E-state index < -0.39 is 102 Å². The molecule has 0 aliphatic heterocycles. The summed E-state index contributed by atoms with van der Waals surface area (Å²) in [6.45, 7) is 0. The zero-order valence-electron chi connectivity index (χ0n) is 20.7. The van der Waals surface area contributed by atoms with Crippen LogP contribution in [0.3, 0.4) is 0 Å². The van der Waals surface area contributed by atoms with E-state index in [1.807, 2.05) is 0 Å². The number of carboxylic acid groups (broad SMARTS) is 1. The van der Waals surface area contributed by atoms with Gasteiger partial charge in [-0.2, -0.15) is 127 Å². The summed E-state index contributed by atoms with van der Waals surface area (Å²) >= 11 is 0. The Bertz CT molecular complexity index is 1190. The van der Waals surface area contributed by atoms with E-state index in [2.05, 4.69) is 0 Å². The monoisotopic (exact) mass is 792 g/mol. The summed E-state index contributed by atoms with van der Waals surface area (Å²) in [7, 11) is 0. The lowest BCUT2D eigenvalue weighted by atomic mass is 9.83. The van der Waals surface area contributed by atoms with Crippen molar-refractivity contribution in [1.82, 2.24) is 0 Å². The number of alkyl halides is 29. The number of rotatable bonds is 15. The zero-order chi connectivity index (χ0) is 40.0. The fraction of sp³-hybridized carbons (Fsp3) is 0.941. The van der Waals surface area contributed by atoms with Crippen LogP contribution in [0.4, 0.5) is 127 Å². The van der Waals surface area contributed by atoms with Gasteiger partial charge in [0, 0.05) is 6.42 Å². The minimum atomic E-state index is -9.97. The van der Waals surface area contributed by atoms with E-state index in [4.69, 9.17) is 5.11 Å². The Labute approximate surface area is 240 Å². The van der Waals surface area contributed by atoms with Gasteiger partial charge >= 0.3 is 89.1 Å².